The Morgan fingerprint density at radius 2 is 2.00 bits per heavy atom. The number of fused-ring (bicyclic) bond motifs is 1. The number of methoxy groups -OCH3 is 1. The molecule has 0 spiro atoms. The van der Waals surface area contributed by atoms with Crippen molar-refractivity contribution in [1.29, 1.82) is 0 Å². The molecule has 0 aliphatic rings. The van der Waals surface area contributed by atoms with Crippen LogP contribution in [0.15, 0.2) is 48.5 Å². The first-order valence-corrected chi connectivity index (χ1v) is 7.81. The topological polar surface area (TPSA) is 34.1 Å². The van der Waals surface area contributed by atoms with E-state index in [-0.39, 0.29) is 0 Å². The molecule has 0 fully saturated rings. The molecule has 0 amide bonds. The lowest BCUT2D eigenvalue weighted by Crippen LogP contribution is -2.17. The highest BCUT2D eigenvalue weighted by molar-refractivity contribution is 7.22. The molecule has 0 radical (unpaired) electrons. The van der Waals surface area contributed by atoms with Gasteiger partial charge < -0.3 is 10.1 Å². The minimum Gasteiger partial charge on any atom is -0.497 e. The van der Waals surface area contributed by atoms with E-state index in [9.17, 15) is 0 Å². The van der Waals surface area contributed by atoms with Gasteiger partial charge in [0.25, 0.3) is 0 Å². The summed E-state index contributed by atoms with van der Waals surface area (Å²) in [6, 6.07) is 16.8. The quantitative estimate of drug-likeness (QED) is 0.760. The van der Waals surface area contributed by atoms with Gasteiger partial charge >= 0.3 is 0 Å². The predicted octanol–water partition coefficient (Wildman–Crippen LogP) is 4.35. The van der Waals surface area contributed by atoms with Crippen LogP contribution in [-0.4, -0.2) is 18.1 Å². The standard InChI is InChI=1S/C17H18N2OS/c1-12(10-13-6-4-3-5-7-13)18-17-19-15-9-8-14(20-2)11-16(15)21-17/h3-9,11-12H,10H2,1-2H3,(H,18,19). The zero-order valence-electron chi connectivity index (χ0n) is 12.2. The summed E-state index contributed by atoms with van der Waals surface area (Å²) in [4.78, 5) is 4.62. The molecule has 0 bridgehead atoms. The maximum Gasteiger partial charge on any atom is 0.184 e. The predicted molar refractivity (Wildman–Crippen MR) is 89.4 cm³/mol. The molecule has 1 unspecified atom stereocenters. The summed E-state index contributed by atoms with van der Waals surface area (Å²) < 4.78 is 6.39. The number of rotatable bonds is 5. The van der Waals surface area contributed by atoms with E-state index in [0.29, 0.717) is 6.04 Å². The van der Waals surface area contributed by atoms with Crippen LogP contribution in [0.2, 0.25) is 0 Å². The fraction of sp³-hybridized carbons (Fsp3) is 0.235. The van der Waals surface area contributed by atoms with E-state index >= 15 is 0 Å². The second-order valence-electron chi connectivity index (χ2n) is 5.09. The van der Waals surface area contributed by atoms with E-state index < -0.39 is 0 Å². The van der Waals surface area contributed by atoms with Gasteiger partial charge in [-0.15, -0.1) is 0 Å². The summed E-state index contributed by atoms with van der Waals surface area (Å²) in [7, 11) is 1.68. The molecule has 0 aliphatic heterocycles. The van der Waals surface area contributed by atoms with Crippen LogP contribution in [0.4, 0.5) is 5.13 Å². The van der Waals surface area contributed by atoms with Gasteiger partial charge in [0.05, 0.1) is 17.3 Å². The number of aromatic nitrogens is 1. The average Bonchev–Trinajstić information content (AvgIpc) is 2.89. The van der Waals surface area contributed by atoms with Gasteiger partial charge in [0.2, 0.25) is 0 Å². The van der Waals surface area contributed by atoms with Gasteiger partial charge in [-0.05, 0) is 37.1 Å². The smallest absolute Gasteiger partial charge is 0.184 e. The Morgan fingerprint density at radius 3 is 2.76 bits per heavy atom. The minimum atomic E-state index is 0.342. The highest BCUT2D eigenvalue weighted by Gasteiger charge is 2.08. The molecule has 1 atom stereocenters. The Balaban J connectivity index is 1.72. The van der Waals surface area contributed by atoms with Gasteiger partial charge in [-0.2, -0.15) is 0 Å². The number of hydrogen-bond acceptors (Lipinski definition) is 4. The lowest BCUT2D eigenvalue weighted by molar-refractivity contribution is 0.415. The summed E-state index contributed by atoms with van der Waals surface area (Å²) >= 11 is 1.66. The molecule has 21 heavy (non-hydrogen) atoms. The van der Waals surface area contributed by atoms with Crippen molar-refractivity contribution in [3.63, 3.8) is 0 Å². The molecule has 4 heteroatoms. The maximum absolute atomic E-state index is 5.25. The van der Waals surface area contributed by atoms with Crippen LogP contribution in [-0.2, 0) is 6.42 Å². The Labute approximate surface area is 128 Å². The van der Waals surface area contributed by atoms with Crippen molar-refractivity contribution in [2.45, 2.75) is 19.4 Å². The lowest BCUT2D eigenvalue weighted by Gasteiger charge is -2.12. The fourth-order valence-corrected chi connectivity index (χ4v) is 3.33. The van der Waals surface area contributed by atoms with Gasteiger partial charge in [0.15, 0.2) is 5.13 Å². The number of ether oxygens (including phenoxy) is 1. The fourth-order valence-electron chi connectivity index (χ4n) is 2.32. The molecule has 0 aliphatic carbocycles. The number of anilines is 1. The highest BCUT2D eigenvalue weighted by atomic mass is 32.1. The first-order valence-electron chi connectivity index (χ1n) is 6.99. The third-order valence-electron chi connectivity index (χ3n) is 3.35. The monoisotopic (exact) mass is 298 g/mol. The normalized spacial score (nSPS) is 12.3. The van der Waals surface area contributed by atoms with E-state index in [2.05, 4.69) is 41.5 Å². The van der Waals surface area contributed by atoms with Crippen LogP contribution < -0.4 is 10.1 Å². The van der Waals surface area contributed by atoms with Gasteiger partial charge in [0, 0.05) is 6.04 Å². The van der Waals surface area contributed by atoms with E-state index in [1.165, 1.54) is 5.56 Å². The molecular formula is C17H18N2OS. The molecule has 0 saturated carbocycles. The van der Waals surface area contributed by atoms with Crippen molar-refractivity contribution in [1.82, 2.24) is 4.98 Å². The summed E-state index contributed by atoms with van der Waals surface area (Å²) in [5.41, 5.74) is 2.34. The summed E-state index contributed by atoms with van der Waals surface area (Å²) in [5.74, 6) is 0.870. The second-order valence-corrected chi connectivity index (χ2v) is 6.12. The second kappa shape index (κ2) is 6.14. The minimum absolute atomic E-state index is 0.342. The van der Waals surface area contributed by atoms with Crippen molar-refractivity contribution in [2.24, 2.45) is 0 Å². The number of benzene rings is 2. The molecule has 0 saturated heterocycles. The Morgan fingerprint density at radius 1 is 1.19 bits per heavy atom. The Hall–Kier alpha value is -2.07. The molecule has 2 aromatic carbocycles. The van der Waals surface area contributed by atoms with Crippen LogP contribution in [0.5, 0.6) is 5.75 Å². The van der Waals surface area contributed by atoms with Crippen molar-refractivity contribution < 1.29 is 4.74 Å². The van der Waals surface area contributed by atoms with Crippen LogP contribution in [0.25, 0.3) is 10.2 Å². The number of nitrogens with one attached hydrogen (secondary N) is 1. The van der Waals surface area contributed by atoms with Crippen molar-refractivity contribution in [2.75, 3.05) is 12.4 Å². The van der Waals surface area contributed by atoms with E-state index in [1.54, 1.807) is 18.4 Å². The van der Waals surface area contributed by atoms with E-state index in [4.69, 9.17) is 4.74 Å². The molecule has 3 aromatic rings. The van der Waals surface area contributed by atoms with Crippen molar-refractivity contribution in [3.8, 4) is 5.75 Å². The third-order valence-corrected chi connectivity index (χ3v) is 4.30. The van der Waals surface area contributed by atoms with E-state index in [0.717, 1.165) is 27.5 Å². The molecule has 1 aromatic heterocycles. The number of nitrogens with zero attached hydrogens (tertiary/aromatic N) is 1. The van der Waals surface area contributed by atoms with E-state index in [1.807, 2.05) is 24.3 Å². The summed E-state index contributed by atoms with van der Waals surface area (Å²) in [6.07, 6.45) is 0.986. The number of hydrogen-bond donors (Lipinski definition) is 1. The molecule has 3 rings (SSSR count). The molecule has 1 N–H and O–H groups in total. The van der Waals surface area contributed by atoms with Crippen molar-refractivity contribution in [3.05, 3.63) is 54.1 Å². The summed E-state index contributed by atoms with van der Waals surface area (Å²) in [5, 5.41) is 4.44. The third kappa shape index (κ3) is 3.34. The largest absolute Gasteiger partial charge is 0.497 e. The van der Waals surface area contributed by atoms with Gasteiger partial charge in [0.1, 0.15) is 5.75 Å². The zero-order valence-corrected chi connectivity index (χ0v) is 13.0. The van der Waals surface area contributed by atoms with Crippen LogP contribution in [0.3, 0.4) is 0 Å². The highest BCUT2D eigenvalue weighted by Crippen LogP contribution is 2.29. The molecule has 3 nitrogen and oxygen atoms in total. The number of thiazole rings is 1. The summed E-state index contributed by atoms with van der Waals surface area (Å²) in [6.45, 7) is 2.18. The van der Waals surface area contributed by atoms with Gasteiger partial charge in [-0.25, -0.2) is 4.98 Å². The molecule has 1 heterocycles. The Kier molecular flexibility index (Phi) is 4.06. The van der Waals surface area contributed by atoms with Crippen LogP contribution >= 0.6 is 11.3 Å². The Bertz CT molecular complexity index is 724. The zero-order chi connectivity index (χ0) is 14.7. The first kappa shape index (κ1) is 13.9. The average molecular weight is 298 g/mol. The first-order chi connectivity index (χ1) is 10.2. The van der Waals surface area contributed by atoms with Crippen molar-refractivity contribution >= 4 is 26.7 Å². The maximum atomic E-state index is 5.25. The van der Waals surface area contributed by atoms with Gasteiger partial charge in [-0.1, -0.05) is 41.7 Å². The van der Waals surface area contributed by atoms with Gasteiger partial charge in [-0.3, -0.25) is 0 Å². The van der Waals surface area contributed by atoms with Crippen LogP contribution in [0, 0.1) is 0 Å². The molecular weight excluding hydrogens is 280 g/mol. The SMILES string of the molecule is COc1ccc2nc(NC(C)Cc3ccccc3)sc2c1. The van der Waals surface area contributed by atoms with Crippen LogP contribution in [0.1, 0.15) is 12.5 Å². The molecule has 108 valence electrons. The lowest BCUT2D eigenvalue weighted by atomic mass is 10.1.